The van der Waals surface area contributed by atoms with Crippen molar-refractivity contribution in [3.05, 3.63) is 22.8 Å². The van der Waals surface area contributed by atoms with Crippen molar-refractivity contribution in [2.75, 3.05) is 13.1 Å². The third kappa shape index (κ3) is 2.42. The van der Waals surface area contributed by atoms with Gasteiger partial charge in [-0.15, -0.1) is 0 Å². The maximum atomic E-state index is 5.65. The predicted molar refractivity (Wildman–Crippen MR) is 53.8 cm³/mol. The van der Waals surface area contributed by atoms with E-state index < -0.39 is 0 Å². The lowest BCUT2D eigenvalue weighted by molar-refractivity contribution is 0.213. The summed E-state index contributed by atoms with van der Waals surface area (Å²) < 4.78 is 6.47. The van der Waals surface area contributed by atoms with E-state index in [9.17, 15) is 0 Å². The van der Waals surface area contributed by atoms with E-state index in [4.69, 9.17) is 4.74 Å². The third-order valence-electron chi connectivity index (χ3n) is 1.99. The first-order chi connectivity index (χ1) is 6.34. The van der Waals surface area contributed by atoms with Crippen LogP contribution in [0.5, 0.6) is 5.88 Å². The molecule has 3 nitrogen and oxygen atoms in total. The zero-order valence-corrected chi connectivity index (χ0v) is 8.75. The van der Waals surface area contributed by atoms with E-state index in [-0.39, 0.29) is 6.10 Å². The van der Waals surface area contributed by atoms with Crippen molar-refractivity contribution >= 4 is 15.9 Å². The van der Waals surface area contributed by atoms with Gasteiger partial charge in [0.05, 0.1) is 0 Å². The SMILES string of the molecule is Brc1cccc(O[C@H]2CCNC2)n1. The van der Waals surface area contributed by atoms with Crippen LogP contribution >= 0.6 is 15.9 Å². The first-order valence-electron chi connectivity index (χ1n) is 4.34. The van der Waals surface area contributed by atoms with Crippen molar-refractivity contribution in [2.24, 2.45) is 0 Å². The molecule has 1 aliphatic heterocycles. The number of hydrogen-bond acceptors (Lipinski definition) is 3. The van der Waals surface area contributed by atoms with Gasteiger partial charge in [-0.25, -0.2) is 4.98 Å². The normalized spacial score (nSPS) is 21.8. The highest BCUT2D eigenvalue weighted by Crippen LogP contribution is 2.15. The molecule has 1 aliphatic rings. The highest BCUT2D eigenvalue weighted by Gasteiger charge is 2.16. The molecule has 1 aromatic rings. The van der Waals surface area contributed by atoms with Crippen LogP contribution in [0.2, 0.25) is 0 Å². The summed E-state index contributed by atoms with van der Waals surface area (Å²) in [6.45, 7) is 1.97. The molecule has 0 unspecified atom stereocenters. The molecule has 2 rings (SSSR count). The highest BCUT2D eigenvalue weighted by atomic mass is 79.9. The molecular formula is C9H11BrN2O. The minimum atomic E-state index is 0.279. The van der Waals surface area contributed by atoms with Gasteiger partial charge in [-0.3, -0.25) is 0 Å². The standard InChI is InChI=1S/C9H11BrN2O/c10-8-2-1-3-9(12-8)13-7-4-5-11-6-7/h1-3,7,11H,4-6H2/t7-/m0/s1. The molecule has 13 heavy (non-hydrogen) atoms. The predicted octanol–water partition coefficient (Wildman–Crippen LogP) is 1.58. The van der Waals surface area contributed by atoms with Gasteiger partial charge in [-0.05, 0) is 35.0 Å². The maximum Gasteiger partial charge on any atom is 0.214 e. The molecule has 1 atom stereocenters. The third-order valence-corrected chi connectivity index (χ3v) is 2.43. The monoisotopic (exact) mass is 242 g/mol. The smallest absolute Gasteiger partial charge is 0.214 e. The molecule has 1 aromatic heterocycles. The van der Waals surface area contributed by atoms with Gasteiger partial charge in [0.25, 0.3) is 0 Å². The molecule has 0 aliphatic carbocycles. The van der Waals surface area contributed by atoms with E-state index in [2.05, 4.69) is 26.2 Å². The number of ether oxygens (including phenoxy) is 1. The molecule has 0 radical (unpaired) electrons. The molecule has 0 amide bonds. The van der Waals surface area contributed by atoms with Crippen molar-refractivity contribution in [3.8, 4) is 5.88 Å². The quantitative estimate of drug-likeness (QED) is 0.801. The van der Waals surface area contributed by atoms with Gasteiger partial charge in [-0.2, -0.15) is 0 Å². The summed E-state index contributed by atoms with van der Waals surface area (Å²) in [5, 5.41) is 3.24. The number of halogens is 1. The topological polar surface area (TPSA) is 34.1 Å². The van der Waals surface area contributed by atoms with Crippen LogP contribution in [0.3, 0.4) is 0 Å². The van der Waals surface area contributed by atoms with Gasteiger partial charge in [0, 0.05) is 12.6 Å². The summed E-state index contributed by atoms with van der Waals surface area (Å²) in [6, 6.07) is 5.69. The summed E-state index contributed by atoms with van der Waals surface area (Å²) >= 11 is 3.30. The number of aromatic nitrogens is 1. The average Bonchev–Trinajstić information content (AvgIpc) is 2.57. The summed E-state index contributed by atoms with van der Waals surface area (Å²) in [4.78, 5) is 4.20. The fourth-order valence-electron chi connectivity index (χ4n) is 1.35. The Morgan fingerprint density at radius 3 is 3.15 bits per heavy atom. The molecule has 1 saturated heterocycles. The Kier molecular flexibility index (Phi) is 2.80. The van der Waals surface area contributed by atoms with Gasteiger partial charge >= 0.3 is 0 Å². The van der Waals surface area contributed by atoms with E-state index in [1.54, 1.807) is 0 Å². The molecule has 0 saturated carbocycles. The Morgan fingerprint density at radius 2 is 2.46 bits per heavy atom. The van der Waals surface area contributed by atoms with Crippen LogP contribution in [0.4, 0.5) is 0 Å². The molecule has 1 fully saturated rings. The number of nitrogens with one attached hydrogen (secondary N) is 1. The largest absolute Gasteiger partial charge is 0.473 e. The van der Waals surface area contributed by atoms with Gasteiger partial charge in [0.1, 0.15) is 10.7 Å². The molecule has 2 heterocycles. The lowest BCUT2D eigenvalue weighted by Gasteiger charge is -2.10. The van der Waals surface area contributed by atoms with E-state index in [0.29, 0.717) is 5.88 Å². The molecule has 4 heteroatoms. The minimum absolute atomic E-state index is 0.279. The molecular weight excluding hydrogens is 232 g/mol. The van der Waals surface area contributed by atoms with Crippen molar-refractivity contribution in [3.63, 3.8) is 0 Å². The Hall–Kier alpha value is -0.610. The van der Waals surface area contributed by atoms with Gasteiger partial charge < -0.3 is 10.1 Å². The summed E-state index contributed by atoms with van der Waals surface area (Å²) in [5.74, 6) is 0.697. The number of pyridine rings is 1. The van der Waals surface area contributed by atoms with Crippen LogP contribution in [0.1, 0.15) is 6.42 Å². The molecule has 0 spiro atoms. The summed E-state index contributed by atoms with van der Waals surface area (Å²) in [5.41, 5.74) is 0. The Labute approximate surface area is 85.6 Å². The van der Waals surface area contributed by atoms with E-state index >= 15 is 0 Å². The van der Waals surface area contributed by atoms with Crippen LogP contribution < -0.4 is 10.1 Å². The second-order valence-corrected chi connectivity index (χ2v) is 3.84. The average molecular weight is 243 g/mol. The minimum Gasteiger partial charge on any atom is -0.473 e. The van der Waals surface area contributed by atoms with E-state index in [1.165, 1.54) is 0 Å². The lowest BCUT2D eigenvalue weighted by atomic mass is 10.3. The fourth-order valence-corrected chi connectivity index (χ4v) is 1.68. The van der Waals surface area contributed by atoms with E-state index in [0.717, 1.165) is 24.1 Å². The van der Waals surface area contributed by atoms with Crippen molar-refractivity contribution in [1.82, 2.24) is 10.3 Å². The second kappa shape index (κ2) is 4.07. The van der Waals surface area contributed by atoms with Crippen molar-refractivity contribution < 1.29 is 4.74 Å². The summed E-state index contributed by atoms with van der Waals surface area (Å²) in [7, 11) is 0. The maximum absolute atomic E-state index is 5.65. The fraction of sp³-hybridized carbons (Fsp3) is 0.444. The number of rotatable bonds is 2. The molecule has 70 valence electrons. The van der Waals surface area contributed by atoms with Crippen molar-refractivity contribution in [1.29, 1.82) is 0 Å². The Balaban J connectivity index is 2.00. The van der Waals surface area contributed by atoms with Crippen LogP contribution in [-0.2, 0) is 0 Å². The zero-order chi connectivity index (χ0) is 9.10. The van der Waals surface area contributed by atoms with Crippen LogP contribution in [0.15, 0.2) is 22.8 Å². The summed E-state index contributed by atoms with van der Waals surface area (Å²) in [6.07, 6.45) is 1.34. The van der Waals surface area contributed by atoms with Crippen LogP contribution in [-0.4, -0.2) is 24.2 Å². The molecule has 0 bridgehead atoms. The first-order valence-corrected chi connectivity index (χ1v) is 5.14. The molecule has 1 N–H and O–H groups in total. The molecule has 0 aromatic carbocycles. The number of hydrogen-bond donors (Lipinski definition) is 1. The van der Waals surface area contributed by atoms with Crippen LogP contribution in [0.25, 0.3) is 0 Å². The van der Waals surface area contributed by atoms with Gasteiger partial charge in [0.2, 0.25) is 5.88 Å². The van der Waals surface area contributed by atoms with E-state index in [1.807, 2.05) is 18.2 Å². The van der Waals surface area contributed by atoms with Crippen LogP contribution in [0, 0.1) is 0 Å². The van der Waals surface area contributed by atoms with Crippen molar-refractivity contribution in [2.45, 2.75) is 12.5 Å². The van der Waals surface area contributed by atoms with Gasteiger partial charge in [0.15, 0.2) is 0 Å². The van der Waals surface area contributed by atoms with Gasteiger partial charge in [-0.1, -0.05) is 6.07 Å². The first kappa shape index (κ1) is 8.97. The zero-order valence-electron chi connectivity index (χ0n) is 7.16. The lowest BCUT2D eigenvalue weighted by Crippen LogP contribution is -2.19. The Morgan fingerprint density at radius 1 is 1.54 bits per heavy atom. The Bertz CT molecular complexity index is 287. The number of nitrogens with zero attached hydrogens (tertiary/aromatic N) is 1. The second-order valence-electron chi connectivity index (χ2n) is 3.03. The highest BCUT2D eigenvalue weighted by molar-refractivity contribution is 9.10.